The zero-order chi connectivity index (χ0) is 7.28. The number of nitrogens with two attached hydrogens (primary N) is 1. The lowest BCUT2D eigenvalue weighted by Crippen LogP contribution is -2.19. The molecule has 0 aliphatic rings. The van der Waals surface area contributed by atoms with Crippen molar-refractivity contribution in [2.45, 2.75) is 20.3 Å². The fourth-order valence-corrected chi connectivity index (χ4v) is 0.863. The SMILES string of the molecule is CCC(=NC)C(C)CN. The van der Waals surface area contributed by atoms with Gasteiger partial charge in [-0.15, -0.1) is 0 Å². The van der Waals surface area contributed by atoms with Gasteiger partial charge in [-0.2, -0.15) is 0 Å². The summed E-state index contributed by atoms with van der Waals surface area (Å²) in [5.41, 5.74) is 6.66. The first-order valence-corrected chi connectivity index (χ1v) is 3.41. The van der Waals surface area contributed by atoms with Gasteiger partial charge in [0.1, 0.15) is 0 Å². The molecule has 0 aliphatic carbocycles. The largest absolute Gasteiger partial charge is 0.330 e. The predicted octanol–water partition coefficient (Wildman–Crippen LogP) is 1.06. The number of hydrogen-bond acceptors (Lipinski definition) is 2. The van der Waals surface area contributed by atoms with Crippen LogP contribution in [0, 0.1) is 5.92 Å². The third-order valence-corrected chi connectivity index (χ3v) is 1.57. The van der Waals surface area contributed by atoms with E-state index in [1.54, 1.807) is 0 Å². The summed E-state index contributed by atoms with van der Waals surface area (Å²) < 4.78 is 0. The van der Waals surface area contributed by atoms with Crippen LogP contribution in [0.15, 0.2) is 4.99 Å². The first-order valence-electron chi connectivity index (χ1n) is 3.41. The van der Waals surface area contributed by atoms with E-state index in [-0.39, 0.29) is 0 Å². The fraction of sp³-hybridized carbons (Fsp3) is 0.857. The quantitative estimate of drug-likeness (QED) is 0.567. The Hall–Kier alpha value is -0.370. The van der Waals surface area contributed by atoms with Gasteiger partial charge in [0.15, 0.2) is 0 Å². The molecule has 54 valence electrons. The van der Waals surface area contributed by atoms with Gasteiger partial charge in [0.05, 0.1) is 0 Å². The minimum Gasteiger partial charge on any atom is -0.330 e. The number of aliphatic imine (C=N–C) groups is 1. The normalized spacial score (nSPS) is 15.8. The van der Waals surface area contributed by atoms with Crippen molar-refractivity contribution in [3.63, 3.8) is 0 Å². The van der Waals surface area contributed by atoms with Gasteiger partial charge in [-0.3, -0.25) is 4.99 Å². The van der Waals surface area contributed by atoms with Crippen LogP contribution in [0.1, 0.15) is 20.3 Å². The highest BCUT2D eigenvalue weighted by Crippen LogP contribution is 1.99. The summed E-state index contributed by atoms with van der Waals surface area (Å²) in [4.78, 5) is 4.11. The van der Waals surface area contributed by atoms with Crippen LogP contribution in [0.3, 0.4) is 0 Å². The molecule has 0 rings (SSSR count). The Morgan fingerprint density at radius 3 is 2.33 bits per heavy atom. The Bertz CT molecular complexity index is 97.1. The van der Waals surface area contributed by atoms with Gasteiger partial charge in [0, 0.05) is 25.2 Å². The highest BCUT2D eigenvalue weighted by Gasteiger charge is 2.03. The highest BCUT2D eigenvalue weighted by atomic mass is 14.7. The topological polar surface area (TPSA) is 38.4 Å². The molecule has 0 saturated heterocycles. The molecule has 2 nitrogen and oxygen atoms in total. The molecule has 9 heavy (non-hydrogen) atoms. The third-order valence-electron chi connectivity index (χ3n) is 1.57. The van der Waals surface area contributed by atoms with E-state index in [0.29, 0.717) is 12.5 Å². The molecule has 0 saturated carbocycles. The smallest absolute Gasteiger partial charge is 0.0276 e. The zero-order valence-electron chi connectivity index (χ0n) is 6.52. The molecule has 0 aromatic rings. The Morgan fingerprint density at radius 2 is 2.22 bits per heavy atom. The van der Waals surface area contributed by atoms with E-state index < -0.39 is 0 Å². The van der Waals surface area contributed by atoms with Gasteiger partial charge >= 0.3 is 0 Å². The second kappa shape index (κ2) is 4.50. The molecule has 0 aliphatic heterocycles. The average Bonchev–Trinajstić information content (AvgIpc) is 1.90. The third kappa shape index (κ3) is 2.61. The second-order valence-electron chi connectivity index (χ2n) is 2.21. The maximum absolute atomic E-state index is 5.44. The Morgan fingerprint density at radius 1 is 1.67 bits per heavy atom. The second-order valence-corrected chi connectivity index (χ2v) is 2.21. The van der Waals surface area contributed by atoms with Crippen LogP contribution in [0.2, 0.25) is 0 Å². The number of rotatable bonds is 3. The summed E-state index contributed by atoms with van der Waals surface area (Å²) >= 11 is 0. The van der Waals surface area contributed by atoms with Crippen molar-refractivity contribution in [3.05, 3.63) is 0 Å². The molecule has 0 aromatic heterocycles. The maximum atomic E-state index is 5.44. The lowest BCUT2D eigenvalue weighted by molar-refractivity contribution is 0.764. The van der Waals surface area contributed by atoms with E-state index in [1.807, 2.05) is 7.05 Å². The minimum absolute atomic E-state index is 0.458. The molecule has 0 bridgehead atoms. The van der Waals surface area contributed by atoms with Crippen molar-refractivity contribution >= 4 is 5.71 Å². The molecular formula is C7H16N2. The summed E-state index contributed by atoms with van der Waals surface area (Å²) in [5, 5.41) is 0. The van der Waals surface area contributed by atoms with E-state index >= 15 is 0 Å². The molecule has 0 heterocycles. The lowest BCUT2D eigenvalue weighted by Gasteiger charge is -2.08. The number of nitrogens with zero attached hydrogens (tertiary/aromatic N) is 1. The summed E-state index contributed by atoms with van der Waals surface area (Å²) in [7, 11) is 1.82. The zero-order valence-corrected chi connectivity index (χ0v) is 6.52. The van der Waals surface area contributed by atoms with Crippen LogP contribution >= 0.6 is 0 Å². The standard InChI is InChI=1S/C7H16N2/c1-4-7(9-3)6(2)5-8/h6H,4-5,8H2,1-3H3. The van der Waals surface area contributed by atoms with Gasteiger partial charge in [-0.1, -0.05) is 13.8 Å². The summed E-state index contributed by atoms with van der Waals surface area (Å²) in [6.07, 6.45) is 1.02. The monoisotopic (exact) mass is 128 g/mol. The molecule has 0 radical (unpaired) electrons. The van der Waals surface area contributed by atoms with E-state index in [9.17, 15) is 0 Å². The van der Waals surface area contributed by atoms with E-state index in [4.69, 9.17) is 5.73 Å². The Kier molecular flexibility index (Phi) is 4.32. The van der Waals surface area contributed by atoms with Gasteiger partial charge in [0.2, 0.25) is 0 Å². The van der Waals surface area contributed by atoms with Crippen LogP contribution in [0.5, 0.6) is 0 Å². The average molecular weight is 128 g/mol. The van der Waals surface area contributed by atoms with Crippen LogP contribution in [-0.2, 0) is 0 Å². The fourth-order valence-electron chi connectivity index (χ4n) is 0.863. The Labute approximate surface area is 57.2 Å². The number of hydrogen-bond donors (Lipinski definition) is 1. The molecule has 1 unspecified atom stereocenters. The molecule has 0 spiro atoms. The van der Waals surface area contributed by atoms with Gasteiger partial charge in [0.25, 0.3) is 0 Å². The van der Waals surface area contributed by atoms with Crippen molar-refractivity contribution in [3.8, 4) is 0 Å². The van der Waals surface area contributed by atoms with Gasteiger partial charge in [-0.25, -0.2) is 0 Å². The van der Waals surface area contributed by atoms with Crippen molar-refractivity contribution in [1.82, 2.24) is 0 Å². The minimum atomic E-state index is 0.458. The van der Waals surface area contributed by atoms with E-state index in [1.165, 1.54) is 5.71 Å². The molecule has 2 N–H and O–H groups in total. The first-order chi connectivity index (χ1) is 4.26. The van der Waals surface area contributed by atoms with Crippen LogP contribution in [-0.4, -0.2) is 19.3 Å². The molecule has 2 heteroatoms. The maximum Gasteiger partial charge on any atom is 0.0276 e. The van der Waals surface area contributed by atoms with E-state index in [2.05, 4.69) is 18.8 Å². The van der Waals surface area contributed by atoms with Gasteiger partial charge < -0.3 is 5.73 Å². The Balaban J connectivity index is 3.80. The summed E-state index contributed by atoms with van der Waals surface area (Å²) in [6.45, 7) is 4.92. The van der Waals surface area contributed by atoms with Gasteiger partial charge in [-0.05, 0) is 6.42 Å². The predicted molar refractivity (Wildman–Crippen MR) is 41.9 cm³/mol. The van der Waals surface area contributed by atoms with Crippen molar-refractivity contribution in [2.24, 2.45) is 16.6 Å². The summed E-state index contributed by atoms with van der Waals surface area (Å²) in [6, 6.07) is 0. The summed E-state index contributed by atoms with van der Waals surface area (Å²) in [5.74, 6) is 0.458. The molecule has 0 fully saturated rings. The van der Waals surface area contributed by atoms with Crippen LogP contribution < -0.4 is 5.73 Å². The molecule has 0 aromatic carbocycles. The van der Waals surface area contributed by atoms with Crippen LogP contribution in [0.25, 0.3) is 0 Å². The van der Waals surface area contributed by atoms with E-state index in [0.717, 1.165) is 6.42 Å². The molecular weight excluding hydrogens is 112 g/mol. The van der Waals surface area contributed by atoms with Crippen molar-refractivity contribution in [2.75, 3.05) is 13.6 Å². The molecule has 0 amide bonds. The van der Waals surface area contributed by atoms with Crippen molar-refractivity contribution < 1.29 is 0 Å². The van der Waals surface area contributed by atoms with Crippen molar-refractivity contribution in [1.29, 1.82) is 0 Å². The molecule has 1 atom stereocenters. The first kappa shape index (κ1) is 8.63. The lowest BCUT2D eigenvalue weighted by atomic mass is 10.0. The van der Waals surface area contributed by atoms with Crippen LogP contribution in [0.4, 0.5) is 0 Å². The highest BCUT2D eigenvalue weighted by molar-refractivity contribution is 5.86.